The molecule has 0 radical (unpaired) electrons. The molecule has 1 unspecified atom stereocenters. The molecule has 0 aliphatic carbocycles. The van der Waals surface area contributed by atoms with Gasteiger partial charge in [-0.1, -0.05) is 11.6 Å². The van der Waals surface area contributed by atoms with Crippen molar-refractivity contribution < 1.29 is 4.42 Å². The lowest BCUT2D eigenvalue weighted by molar-refractivity contribution is 0.416. The van der Waals surface area contributed by atoms with E-state index in [0.29, 0.717) is 6.54 Å². The van der Waals surface area contributed by atoms with Crippen LogP contribution in [0.2, 0.25) is 0 Å². The van der Waals surface area contributed by atoms with Gasteiger partial charge < -0.3 is 10.2 Å². The van der Waals surface area contributed by atoms with Crippen LogP contribution in [0.25, 0.3) is 10.9 Å². The van der Waals surface area contributed by atoms with Crippen LogP contribution in [0.15, 0.2) is 41.4 Å². The first kappa shape index (κ1) is 11.0. The van der Waals surface area contributed by atoms with Gasteiger partial charge in [0.05, 0.1) is 17.9 Å². The Bertz CT molecular complexity index is 657. The number of rotatable bonds is 3. The Balaban J connectivity index is 2.13. The topological polar surface area (TPSA) is 69.9 Å². The maximum absolute atomic E-state index is 5.83. The van der Waals surface area contributed by atoms with E-state index < -0.39 is 0 Å². The zero-order chi connectivity index (χ0) is 12.5. The SMILES string of the molecule is Cc1ccc2c(cnn2C(CN)c2cnco2)c1. The Morgan fingerprint density at radius 3 is 3.00 bits per heavy atom. The van der Waals surface area contributed by atoms with E-state index in [-0.39, 0.29) is 6.04 Å². The van der Waals surface area contributed by atoms with Gasteiger partial charge in [-0.25, -0.2) is 4.98 Å². The van der Waals surface area contributed by atoms with Crippen LogP contribution < -0.4 is 5.73 Å². The molecule has 2 N–H and O–H groups in total. The number of aryl methyl sites for hydroxylation is 1. The Kier molecular flexibility index (Phi) is 2.60. The van der Waals surface area contributed by atoms with Crippen LogP contribution in [-0.2, 0) is 0 Å². The van der Waals surface area contributed by atoms with Crippen molar-refractivity contribution in [1.29, 1.82) is 0 Å². The van der Waals surface area contributed by atoms with Crippen LogP contribution in [0.5, 0.6) is 0 Å². The van der Waals surface area contributed by atoms with E-state index in [9.17, 15) is 0 Å². The third kappa shape index (κ3) is 1.69. The van der Waals surface area contributed by atoms with E-state index in [1.807, 2.05) is 10.9 Å². The number of oxazole rings is 1. The van der Waals surface area contributed by atoms with E-state index in [1.165, 1.54) is 12.0 Å². The number of nitrogens with two attached hydrogens (primary N) is 1. The predicted molar refractivity (Wildman–Crippen MR) is 68.2 cm³/mol. The van der Waals surface area contributed by atoms with Gasteiger partial charge in [0.2, 0.25) is 0 Å². The highest BCUT2D eigenvalue weighted by atomic mass is 16.3. The fourth-order valence-corrected chi connectivity index (χ4v) is 2.15. The van der Waals surface area contributed by atoms with Gasteiger partial charge in [0, 0.05) is 11.9 Å². The van der Waals surface area contributed by atoms with E-state index in [2.05, 4.69) is 35.2 Å². The summed E-state index contributed by atoms with van der Waals surface area (Å²) in [6.07, 6.45) is 4.94. The summed E-state index contributed by atoms with van der Waals surface area (Å²) in [5.74, 6) is 0.725. The Hall–Kier alpha value is -2.14. The molecule has 92 valence electrons. The van der Waals surface area contributed by atoms with Crippen LogP contribution in [0, 0.1) is 6.92 Å². The lowest BCUT2D eigenvalue weighted by atomic mass is 10.1. The molecule has 0 saturated heterocycles. The smallest absolute Gasteiger partial charge is 0.180 e. The fraction of sp³-hybridized carbons (Fsp3) is 0.231. The summed E-state index contributed by atoms with van der Waals surface area (Å²) in [6, 6.07) is 6.10. The molecule has 0 aliphatic rings. The molecule has 5 nitrogen and oxygen atoms in total. The van der Waals surface area contributed by atoms with Crippen LogP contribution in [0.3, 0.4) is 0 Å². The molecule has 0 spiro atoms. The largest absolute Gasteiger partial charge is 0.446 e. The molecular weight excluding hydrogens is 228 g/mol. The van der Waals surface area contributed by atoms with E-state index in [4.69, 9.17) is 10.2 Å². The van der Waals surface area contributed by atoms with Gasteiger partial charge in [-0.15, -0.1) is 0 Å². The summed E-state index contributed by atoms with van der Waals surface area (Å²) in [5, 5.41) is 5.52. The minimum atomic E-state index is -0.118. The van der Waals surface area contributed by atoms with Crippen LogP contribution in [-0.4, -0.2) is 21.3 Å². The number of hydrogen-bond donors (Lipinski definition) is 1. The van der Waals surface area contributed by atoms with Gasteiger partial charge >= 0.3 is 0 Å². The quantitative estimate of drug-likeness (QED) is 0.761. The fourth-order valence-electron chi connectivity index (χ4n) is 2.15. The normalized spacial score (nSPS) is 13.0. The maximum atomic E-state index is 5.83. The lowest BCUT2D eigenvalue weighted by Gasteiger charge is -2.13. The minimum Gasteiger partial charge on any atom is -0.446 e. The first-order valence-electron chi connectivity index (χ1n) is 5.82. The molecule has 5 heteroatoms. The Labute approximate surface area is 104 Å². The highest BCUT2D eigenvalue weighted by Gasteiger charge is 2.18. The van der Waals surface area contributed by atoms with Crippen LogP contribution in [0.4, 0.5) is 0 Å². The van der Waals surface area contributed by atoms with Crippen molar-refractivity contribution in [3.8, 4) is 0 Å². The molecule has 1 aromatic carbocycles. The van der Waals surface area contributed by atoms with Crippen LogP contribution >= 0.6 is 0 Å². The molecule has 18 heavy (non-hydrogen) atoms. The molecule has 0 amide bonds. The summed E-state index contributed by atoms with van der Waals surface area (Å²) in [4.78, 5) is 3.93. The van der Waals surface area contributed by atoms with Gasteiger partial charge in [0.1, 0.15) is 11.8 Å². The van der Waals surface area contributed by atoms with Crippen molar-refractivity contribution in [3.05, 3.63) is 48.3 Å². The molecule has 2 aromatic heterocycles. The second-order valence-corrected chi connectivity index (χ2v) is 4.31. The van der Waals surface area contributed by atoms with Crippen molar-refractivity contribution in [2.24, 2.45) is 5.73 Å². The number of fused-ring (bicyclic) bond motifs is 1. The molecule has 0 bridgehead atoms. The summed E-state index contributed by atoms with van der Waals surface area (Å²) in [5.41, 5.74) is 8.09. The molecule has 3 aromatic rings. The number of aromatic nitrogens is 3. The number of hydrogen-bond acceptors (Lipinski definition) is 4. The predicted octanol–water partition coefficient (Wildman–Crippen LogP) is 1.88. The molecule has 3 rings (SSSR count). The van der Waals surface area contributed by atoms with Crippen molar-refractivity contribution in [2.45, 2.75) is 13.0 Å². The molecular formula is C13H14N4O. The zero-order valence-electron chi connectivity index (χ0n) is 10.1. The van der Waals surface area contributed by atoms with Crippen LogP contribution in [0.1, 0.15) is 17.4 Å². The van der Waals surface area contributed by atoms with Gasteiger partial charge in [-0.05, 0) is 19.1 Å². The molecule has 2 heterocycles. The van der Waals surface area contributed by atoms with Gasteiger partial charge in [0.15, 0.2) is 6.39 Å². The second-order valence-electron chi connectivity index (χ2n) is 4.31. The monoisotopic (exact) mass is 242 g/mol. The maximum Gasteiger partial charge on any atom is 0.180 e. The van der Waals surface area contributed by atoms with E-state index in [1.54, 1.807) is 6.20 Å². The van der Waals surface area contributed by atoms with Gasteiger partial charge in [-0.3, -0.25) is 4.68 Å². The summed E-state index contributed by atoms with van der Waals surface area (Å²) >= 11 is 0. The second kappa shape index (κ2) is 4.27. The summed E-state index contributed by atoms with van der Waals surface area (Å²) < 4.78 is 7.22. The minimum absolute atomic E-state index is 0.118. The first-order chi connectivity index (χ1) is 8.79. The third-order valence-electron chi connectivity index (χ3n) is 3.05. The first-order valence-corrected chi connectivity index (χ1v) is 5.82. The highest BCUT2D eigenvalue weighted by Crippen LogP contribution is 2.23. The van der Waals surface area contributed by atoms with Crippen molar-refractivity contribution in [1.82, 2.24) is 14.8 Å². The average Bonchev–Trinajstić information content (AvgIpc) is 3.00. The zero-order valence-corrected chi connectivity index (χ0v) is 10.1. The van der Waals surface area contributed by atoms with Gasteiger partial charge in [-0.2, -0.15) is 5.10 Å². The number of benzene rings is 1. The van der Waals surface area contributed by atoms with Crippen molar-refractivity contribution in [2.75, 3.05) is 6.54 Å². The van der Waals surface area contributed by atoms with E-state index in [0.717, 1.165) is 16.7 Å². The van der Waals surface area contributed by atoms with Crippen molar-refractivity contribution >= 4 is 10.9 Å². The van der Waals surface area contributed by atoms with E-state index >= 15 is 0 Å². The summed E-state index contributed by atoms with van der Waals surface area (Å²) in [6.45, 7) is 2.48. The number of nitrogens with zero attached hydrogens (tertiary/aromatic N) is 3. The average molecular weight is 242 g/mol. The molecule has 0 aliphatic heterocycles. The molecule has 0 fully saturated rings. The lowest BCUT2D eigenvalue weighted by Crippen LogP contribution is -2.20. The Morgan fingerprint density at radius 2 is 2.28 bits per heavy atom. The van der Waals surface area contributed by atoms with Crippen molar-refractivity contribution in [3.63, 3.8) is 0 Å². The Morgan fingerprint density at radius 1 is 1.39 bits per heavy atom. The standard InChI is InChI=1S/C13H14N4O/c1-9-2-3-11-10(4-9)6-16-17(11)12(5-14)13-7-15-8-18-13/h2-4,6-8,12H,5,14H2,1H3. The van der Waals surface area contributed by atoms with Gasteiger partial charge in [0.25, 0.3) is 0 Å². The molecule has 0 saturated carbocycles. The third-order valence-corrected chi connectivity index (χ3v) is 3.05. The molecule has 1 atom stereocenters. The summed E-state index contributed by atoms with van der Waals surface area (Å²) in [7, 11) is 0. The highest BCUT2D eigenvalue weighted by molar-refractivity contribution is 5.79.